The summed E-state index contributed by atoms with van der Waals surface area (Å²) in [5.41, 5.74) is 4.06. The molecule has 0 fully saturated rings. The van der Waals surface area contributed by atoms with E-state index in [0.29, 0.717) is 18.8 Å². The van der Waals surface area contributed by atoms with Crippen LogP contribution in [-0.2, 0) is 17.9 Å². The Morgan fingerprint density at radius 3 is 2.19 bits per heavy atom. The first kappa shape index (κ1) is 22.3. The number of ether oxygens (including phenoxy) is 1. The highest BCUT2D eigenvalue weighted by Crippen LogP contribution is 2.13. The van der Waals surface area contributed by atoms with E-state index in [1.807, 2.05) is 54.6 Å². The Balaban J connectivity index is 1.67. The molecule has 3 rings (SSSR count). The van der Waals surface area contributed by atoms with Crippen molar-refractivity contribution in [2.45, 2.75) is 19.2 Å². The minimum Gasteiger partial charge on any atom is -0.379 e. The zero-order chi connectivity index (χ0) is 21.7. The van der Waals surface area contributed by atoms with E-state index >= 15 is 0 Å². The third kappa shape index (κ3) is 7.75. The molecule has 0 bridgehead atoms. The summed E-state index contributed by atoms with van der Waals surface area (Å²) in [4.78, 5) is 2.36. The quantitative estimate of drug-likeness (QED) is 0.414. The molecule has 1 atom stereocenters. The molecule has 31 heavy (non-hydrogen) atoms. The van der Waals surface area contributed by atoms with Gasteiger partial charge in [0.15, 0.2) is 0 Å². The number of hydrogen-bond acceptors (Lipinski definition) is 4. The fourth-order valence-corrected chi connectivity index (χ4v) is 3.45. The molecule has 3 aromatic carbocycles. The number of nitrogens with zero attached hydrogens (tertiary/aromatic N) is 2. The van der Waals surface area contributed by atoms with Gasteiger partial charge in [-0.05, 0) is 35.4 Å². The van der Waals surface area contributed by atoms with Crippen molar-refractivity contribution < 1.29 is 4.74 Å². The molecular weight excluding hydrogens is 382 g/mol. The zero-order valence-electron chi connectivity index (χ0n) is 17.8. The van der Waals surface area contributed by atoms with Crippen molar-refractivity contribution in [2.24, 2.45) is 0 Å². The van der Waals surface area contributed by atoms with E-state index in [1.54, 1.807) is 0 Å². The lowest BCUT2D eigenvalue weighted by Gasteiger charge is -2.28. The standard InChI is InChI=1S/C27H29N3O/c1-2-17-30(19-24-9-5-3-6-10-24)20-27(22-31-21-25-11-7-4-8-12-25)29-26-15-13-23(18-28)14-16-26/h2-16,27,29H,1,17,19-22H2/t27-/m1/s1. The molecule has 158 valence electrons. The van der Waals surface area contributed by atoms with Gasteiger partial charge in [-0.2, -0.15) is 5.26 Å². The number of nitrogens with one attached hydrogen (secondary N) is 1. The van der Waals surface area contributed by atoms with E-state index in [0.717, 1.165) is 30.9 Å². The fourth-order valence-electron chi connectivity index (χ4n) is 3.45. The molecule has 0 aliphatic heterocycles. The molecule has 0 radical (unpaired) electrons. The first-order chi connectivity index (χ1) is 15.3. The molecule has 3 aromatic rings. The minimum atomic E-state index is 0.0836. The third-order valence-corrected chi connectivity index (χ3v) is 4.93. The maximum atomic E-state index is 9.05. The van der Waals surface area contributed by atoms with E-state index < -0.39 is 0 Å². The zero-order valence-corrected chi connectivity index (χ0v) is 17.8. The van der Waals surface area contributed by atoms with Gasteiger partial charge in [-0.25, -0.2) is 0 Å². The average molecular weight is 412 g/mol. The van der Waals surface area contributed by atoms with Crippen LogP contribution in [0.2, 0.25) is 0 Å². The highest BCUT2D eigenvalue weighted by Gasteiger charge is 2.15. The molecule has 0 heterocycles. The number of rotatable bonds is 12. The van der Waals surface area contributed by atoms with E-state index in [4.69, 9.17) is 10.00 Å². The van der Waals surface area contributed by atoms with Gasteiger partial charge in [0.2, 0.25) is 0 Å². The van der Waals surface area contributed by atoms with Crippen LogP contribution in [0.5, 0.6) is 0 Å². The predicted octanol–water partition coefficient (Wildman–Crippen LogP) is 5.24. The van der Waals surface area contributed by atoms with Crippen molar-refractivity contribution in [3.05, 3.63) is 114 Å². The summed E-state index contributed by atoms with van der Waals surface area (Å²) in [6, 6.07) is 30.4. The first-order valence-corrected chi connectivity index (χ1v) is 10.5. The third-order valence-electron chi connectivity index (χ3n) is 4.93. The second kappa shape index (κ2) is 12.3. The normalized spacial score (nSPS) is 11.6. The number of hydrogen-bond donors (Lipinski definition) is 1. The summed E-state index contributed by atoms with van der Waals surface area (Å²) in [7, 11) is 0. The molecule has 0 aliphatic rings. The van der Waals surface area contributed by atoms with Gasteiger partial charge in [0.25, 0.3) is 0 Å². The molecule has 0 aromatic heterocycles. The van der Waals surface area contributed by atoms with Crippen LogP contribution in [-0.4, -0.2) is 30.6 Å². The Labute approximate surface area is 185 Å². The Kier molecular flexibility index (Phi) is 8.88. The van der Waals surface area contributed by atoms with Crippen LogP contribution in [0.4, 0.5) is 5.69 Å². The lowest BCUT2D eigenvalue weighted by atomic mass is 10.1. The largest absolute Gasteiger partial charge is 0.379 e. The molecule has 0 unspecified atom stereocenters. The SMILES string of the molecule is C=CCN(Cc1ccccc1)C[C@H](COCc1ccccc1)Nc1ccc(C#N)cc1. The van der Waals surface area contributed by atoms with Crippen molar-refractivity contribution in [3.63, 3.8) is 0 Å². The summed E-state index contributed by atoms with van der Waals surface area (Å²) in [5.74, 6) is 0. The highest BCUT2D eigenvalue weighted by atomic mass is 16.5. The average Bonchev–Trinajstić information content (AvgIpc) is 2.81. The van der Waals surface area contributed by atoms with Crippen LogP contribution >= 0.6 is 0 Å². The Morgan fingerprint density at radius 1 is 0.935 bits per heavy atom. The fraction of sp³-hybridized carbons (Fsp3) is 0.222. The van der Waals surface area contributed by atoms with E-state index in [2.05, 4.69) is 59.3 Å². The van der Waals surface area contributed by atoms with Gasteiger partial charge in [-0.3, -0.25) is 4.90 Å². The van der Waals surface area contributed by atoms with Crippen LogP contribution < -0.4 is 5.32 Å². The van der Waals surface area contributed by atoms with E-state index in [-0.39, 0.29) is 6.04 Å². The van der Waals surface area contributed by atoms with Crippen molar-refractivity contribution in [1.82, 2.24) is 4.90 Å². The lowest BCUT2D eigenvalue weighted by Crippen LogP contribution is -2.39. The topological polar surface area (TPSA) is 48.3 Å². The highest BCUT2D eigenvalue weighted by molar-refractivity contribution is 5.48. The summed E-state index contributed by atoms with van der Waals surface area (Å²) in [6.07, 6.45) is 1.94. The summed E-state index contributed by atoms with van der Waals surface area (Å²) in [6.45, 7) is 7.51. The predicted molar refractivity (Wildman–Crippen MR) is 127 cm³/mol. The van der Waals surface area contributed by atoms with E-state index in [1.165, 1.54) is 5.56 Å². The Bertz CT molecular complexity index is 949. The monoisotopic (exact) mass is 411 g/mol. The Morgan fingerprint density at radius 2 is 1.58 bits per heavy atom. The molecule has 0 aliphatic carbocycles. The molecule has 0 spiro atoms. The Hall–Kier alpha value is -3.39. The van der Waals surface area contributed by atoms with Gasteiger partial charge >= 0.3 is 0 Å². The van der Waals surface area contributed by atoms with Crippen molar-refractivity contribution in [3.8, 4) is 6.07 Å². The molecule has 0 amide bonds. The second-order valence-electron chi connectivity index (χ2n) is 7.50. The summed E-state index contributed by atoms with van der Waals surface area (Å²) in [5, 5.41) is 12.6. The van der Waals surface area contributed by atoms with Crippen LogP contribution in [0.3, 0.4) is 0 Å². The summed E-state index contributed by atoms with van der Waals surface area (Å²) < 4.78 is 6.06. The van der Waals surface area contributed by atoms with Crippen molar-refractivity contribution >= 4 is 5.69 Å². The van der Waals surface area contributed by atoms with Gasteiger partial charge in [-0.15, -0.1) is 6.58 Å². The maximum absolute atomic E-state index is 9.05. The van der Waals surface area contributed by atoms with Gasteiger partial charge in [0.05, 0.1) is 30.9 Å². The molecule has 1 N–H and O–H groups in total. The van der Waals surface area contributed by atoms with Gasteiger partial charge in [-0.1, -0.05) is 66.7 Å². The van der Waals surface area contributed by atoms with Gasteiger partial charge in [0, 0.05) is 25.3 Å². The van der Waals surface area contributed by atoms with Crippen LogP contribution in [0.25, 0.3) is 0 Å². The molecular formula is C27H29N3O. The van der Waals surface area contributed by atoms with Gasteiger partial charge in [0.1, 0.15) is 0 Å². The van der Waals surface area contributed by atoms with Crippen LogP contribution in [0.15, 0.2) is 97.6 Å². The molecule has 4 nitrogen and oxygen atoms in total. The van der Waals surface area contributed by atoms with Crippen molar-refractivity contribution in [1.29, 1.82) is 5.26 Å². The lowest BCUT2D eigenvalue weighted by molar-refractivity contribution is 0.101. The van der Waals surface area contributed by atoms with Crippen molar-refractivity contribution in [2.75, 3.05) is 25.0 Å². The summed E-state index contributed by atoms with van der Waals surface area (Å²) >= 11 is 0. The number of nitriles is 1. The van der Waals surface area contributed by atoms with E-state index in [9.17, 15) is 0 Å². The number of anilines is 1. The number of benzene rings is 3. The first-order valence-electron chi connectivity index (χ1n) is 10.5. The smallest absolute Gasteiger partial charge is 0.0991 e. The molecule has 0 saturated carbocycles. The minimum absolute atomic E-state index is 0.0836. The van der Waals surface area contributed by atoms with Crippen LogP contribution in [0, 0.1) is 11.3 Å². The molecule has 0 saturated heterocycles. The maximum Gasteiger partial charge on any atom is 0.0991 e. The van der Waals surface area contributed by atoms with Crippen LogP contribution in [0.1, 0.15) is 16.7 Å². The second-order valence-corrected chi connectivity index (χ2v) is 7.50. The van der Waals surface area contributed by atoms with Gasteiger partial charge < -0.3 is 10.1 Å². The molecule has 4 heteroatoms.